The van der Waals surface area contributed by atoms with Gasteiger partial charge in [0, 0.05) is 12.1 Å². The van der Waals surface area contributed by atoms with Crippen molar-refractivity contribution in [2.45, 2.75) is 59.4 Å². The lowest BCUT2D eigenvalue weighted by Gasteiger charge is -2.18. The number of hydrogen-bond acceptors (Lipinski definition) is 4. The lowest BCUT2D eigenvalue weighted by atomic mass is 9.91. The third kappa shape index (κ3) is 6.53. The zero-order chi connectivity index (χ0) is 22.1. The molecule has 4 nitrogen and oxygen atoms in total. The molecule has 164 valence electrons. The normalized spacial score (nSPS) is 11.8. The molecule has 30 heavy (non-hydrogen) atoms. The molecule has 0 radical (unpaired) electrons. The van der Waals surface area contributed by atoms with Crippen LogP contribution in [0.5, 0.6) is 17.2 Å². The number of aromatic hydroxyl groups is 1. The predicted octanol–water partition coefficient (Wildman–Crippen LogP) is 5.90. The van der Waals surface area contributed by atoms with Crippen molar-refractivity contribution < 1.29 is 14.6 Å². The van der Waals surface area contributed by atoms with Gasteiger partial charge in [-0.25, -0.2) is 0 Å². The van der Waals surface area contributed by atoms with Crippen molar-refractivity contribution in [1.82, 2.24) is 5.32 Å². The summed E-state index contributed by atoms with van der Waals surface area (Å²) in [7, 11) is 3.30. The molecule has 0 unspecified atom stereocenters. The van der Waals surface area contributed by atoms with Crippen molar-refractivity contribution in [3.8, 4) is 17.2 Å². The fourth-order valence-corrected chi connectivity index (χ4v) is 3.64. The second-order valence-electron chi connectivity index (χ2n) is 8.17. The summed E-state index contributed by atoms with van der Waals surface area (Å²) in [4.78, 5) is 0. The fourth-order valence-electron chi connectivity index (χ4n) is 3.64. The Labute approximate surface area is 181 Å². The van der Waals surface area contributed by atoms with Crippen molar-refractivity contribution in [3.05, 3.63) is 64.2 Å². The first kappa shape index (κ1) is 23.8. The Kier molecular flexibility index (Phi) is 9.25. The molecule has 0 fully saturated rings. The third-order valence-corrected chi connectivity index (χ3v) is 5.57. The van der Waals surface area contributed by atoms with Crippen molar-refractivity contribution >= 4 is 0 Å². The Bertz CT molecular complexity index is 854. The van der Waals surface area contributed by atoms with E-state index >= 15 is 0 Å². The van der Waals surface area contributed by atoms with Crippen LogP contribution in [0.25, 0.3) is 0 Å². The number of rotatable bonds is 11. The molecule has 2 aromatic rings. The summed E-state index contributed by atoms with van der Waals surface area (Å²) in [6, 6.07) is 10.2. The van der Waals surface area contributed by atoms with Gasteiger partial charge in [0.2, 0.25) is 0 Å². The molecule has 0 bridgehead atoms. The molecular formula is C26H37NO3. The van der Waals surface area contributed by atoms with Crippen molar-refractivity contribution in [2.24, 2.45) is 0 Å². The number of hydrogen-bond donors (Lipinski definition) is 2. The first-order chi connectivity index (χ1) is 14.4. The van der Waals surface area contributed by atoms with Crippen molar-refractivity contribution in [1.29, 1.82) is 0 Å². The van der Waals surface area contributed by atoms with E-state index in [4.69, 9.17) is 9.47 Å². The molecule has 0 amide bonds. The smallest absolute Gasteiger partial charge is 0.160 e. The summed E-state index contributed by atoms with van der Waals surface area (Å²) in [5.74, 6) is 2.26. The Morgan fingerprint density at radius 2 is 1.83 bits per heavy atom. The second kappa shape index (κ2) is 11.7. The third-order valence-electron chi connectivity index (χ3n) is 5.57. The minimum absolute atomic E-state index is 0.326. The molecular weight excluding hydrogens is 374 g/mol. The second-order valence-corrected chi connectivity index (χ2v) is 8.17. The van der Waals surface area contributed by atoms with Gasteiger partial charge in [-0.3, -0.25) is 0 Å². The van der Waals surface area contributed by atoms with Crippen LogP contribution < -0.4 is 14.8 Å². The highest BCUT2D eigenvalue weighted by Gasteiger charge is 2.15. The minimum atomic E-state index is 0.326. The molecule has 0 spiro atoms. The number of benzene rings is 2. The minimum Gasteiger partial charge on any atom is -0.507 e. The van der Waals surface area contributed by atoms with E-state index in [9.17, 15) is 5.11 Å². The molecule has 0 saturated heterocycles. The average molecular weight is 412 g/mol. The molecule has 0 aliphatic heterocycles. The SMILES string of the molecule is COc1ccc(CCNCc2c(C)ccc([C@@H](C)CCC=C(C)C)c2O)cc1OC. The van der Waals surface area contributed by atoms with Gasteiger partial charge in [-0.05, 0) is 81.3 Å². The highest BCUT2D eigenvalue weighted by atomic mass is 16.5. The molecule has 0 heterocycles. The number of methoxy groups -OCH3 is 2. The van der Waals surface area contributed by atoms with Gasteiger partial charge in [0.25, 0.3) is 0 Å². The summed E-state index contributed by atoms with van der Waals surface area (Å²) in [5, 5.41) is 14.4. The molecule has 0 aromatic heterocycles. The lowest BCUT2D eigenvalue weighted by molar-refractivity contribution is 0.354. The maximum atomic E-state index is 10.9. The van der Waals surface area contributed by atoms with Gasteiger partial charge in [0.05, 0.1) is 14.2 Å². The molecule has 2 aromatic carbocycles. The number of aryl methyl sites for hydroxylation is 1. The number of allylic oxidation sites excluding steroid dienone is 2. The molecule has 4 heteroatoms. The van der Waals surface area contributed by atoms with Crippen LogP contribution in [0, 0.1) is 6.92 Å². The van der Waals surface area contributed by atoms with Gasteiger partial charge in [-0.1, -0.05) is 36.8 Å². The largest absolute Gasteiger partial charge is 0.507 e. The maximum absolute atomic E-state index is 10.9. The standard InChI is InChI=1S/C26H37NO3/c1-18(2)8-7-9-19(3)22-12-10-20(4)23(26(22)28)17-27-15-14-21-11-13-24(29-5)25(16-21)30-6/h8,10-13,16,19,27-28H,7,9,14-15,17H2,1-6H3/t19-/m0/s1. The zero-order valence-corrected chi connectivity index (χ0v) is 19.3. The van der Waals surface area contributed by atoms with E-state index in [0.29, 0.717) is 18.2 Å². The van der Waals surface area contributed by atoms with E-state index in [2.05, 4.69) is 57.3 Å². The van der Waals surface area contributed by atoms with Gasteiger partial charge in [0.15, 0.2) is 11.5 Å². The maximum Gasteiger partial charge on any atom is 0.160 e. The fraction of sp³-hybridized carbons (Fsp3) is 0.462. The first-order valence-corrected chi connectivity index (χ1v) is 10.7. The predicted molar refractivity (Wildman–Crippen MR) is 125 cm³/mol. The Morgan fingerprint density at radius 3 is 2.50 bits per heavy atom. The van der Waals surface area contributed by atoms with Gasteiger partial charge < -0.3 is 19.9 Å². The summed E-state index contributed by atoms with van der Waals surface area (Å²) in [6.07, 6.45) is 5.21. The van der Waals surface area contributed by atoms with Crippen LogP contribution in [0.4, 0.5) is 0 Å². The Hall–Kier alpha value is -2.46. The molecule has 1 atom stereocenters. The number of ether oxygens (including phenoxy) is 2. The number of phenolic OH excluding ortho intramolecular Hbond substituents is 1. The number of nitrogens with one attached hydrogen (secondary N) is 1. The van der Waals surface area contributed by atoms with E-state index in [-0.39, 0.29) is 0 Å². The van der Waals surface area contributed by atoms with Crippen LogP contribution in [0.1, 0.15) is 61.8 Å². The molecule has 2 N–H and O–H groups in total. The van der Waals surface area contributed by atoms with Gasteiger partial charge in [-0.15, -0.1) is 0 Å². The van der Waals surface area contributed by atoms with Gasteiger partial charge >= 0.3 is 0 Å². The first-order valence-electron chi connectivity index (χ1n) is 10.7. The Balaban J connectivity index is 1.97. The van der Waals surface area contributed by atoms with Crippen LogP contribution in [0.2, 0.25) is 0 Å². The Morgan fingerprint density at radius 1 is 1.10 bits per heavy atom. The monoisotopic (exact) mass is 411 g/mol. The van der Waals surface area contributed by atoms with E-state index in [1.807, 2.05) is 12.1 Å². The zero-order valence-electron chi connectivity index (χ0n) is 19.3. The lowest BCUT2D eigenvalue weighted by Crippen LogP contribution is -2.18. The van der Waals surface area contributed by atoms with Gasteiger partial charge in [0.1, 0.15) is 5.75 Å². The van der Waals surface area contributed by atoms with Crippen LogP contribution in [0.3, 0.4) is 0 Å². The van der Waals surface area contributed by atoms with Crippen molar-refractivity contribution in [2.75, 3.05) is 20.8 Å². The van der Waals surface area contributed by atoms with E-state index in [1.54, 1.807) is 14.2 Å². The molecule has 0 aliphatic carbocycles. The van der Waals surface area contributed by atoms with E-state index in [0.717, 1.165) is 54.0 Å². The summed E-state index contributed by atoms with van der Waals surface area (Å²) >= 11 is 0. The highest BCUT2D eigenvalue weighted by molar-refractivity contribution is 5.47. The van der Waals surface area contributed by atoms with Crippen LogP contribution in [-0.2, 0) is 13.0 Å². The van der Waals surface area contributed by atoms with Gasteiger partial charge in [-0.2, -0.15) is 0 Å². The van der Waals surface area contributed by atoms with E-state index in [1.165, 1.54) is 11.1 Å². The number of phenols is 1. The van der Waals surface area contributed by atoms with Crippen molar-refractivity contribution in [3.63, 3.8) is 0 Å². The van der Waals surface area contributed by atoms with Crippen LogP contribution >= 0.6 is 0 Å². The summed E-state index contributed by atoms with van der Waals surface area (Å²) in [6.45, 7) is 9.97. The average Bonchev–Trinajstić information content (AvgIpc) is 2.72. The van der Waals surface area contributed by atoms with E-state index < -0.39 is 0 Å². The molecule has 0 saturated carbocycles. The quantitative estimate of drug-likeness (QED) is 0.357. The van der Waals surface area contributed by atoms with Crippen LogP contribution in [0.15, 0.2) is 42.0 Å². The summed E-state index contributed by atoms with van der Waals surface area (Å²) in [5.41, 5.74) is 5.68. The molecule has 0 aliphatic rings. The summed E-state index contributed by atoms with van der Waals surface area (Å²) < 4.78 is 10.7. The molecule has 2 rings (SSSR count). The van der Waals surface area contributed by atoms with Crippen LogP contribution in [-0.4, -0.2) is 25.9 Å². The highest BCUT2D eigenvalue weighted by Crippen LogP contribution is 2.34. The topological polar surface area (TPSA) is 50.7 Å².